The number of nitrogens with zero attached hydrogens (tertiary/aromatic N) is 2. The van der Waals surface area contributed by atoms with E-state index in [2.05, 4.69) is 20.8 Å². The minimum Gasteiger partial charge on any atom is -0.339 e. The van der Waals surface area contributed by atoms with Gasteiger partial charge in [-0.2, -0.15) is 4.98 Å². The Balaban J connectivity index is 1.64. The molecule has 0 fully saturated rings. The highest BCUT2D eigenvalue weighted by Gasteiger charge is 2.09. The van der Waals surface area contributed by atoms with Gasteiger partial charge in [-0.1, -0.05) is 23.7 Å². The summed E-state index contributed by atoms with van der Waals surface area (Å²) in [7, 11) is 0. The van der Waals surface area contributed by atoms with Crippen molar-refractivity contribution in [2.75, 3.05) is 10.6 Å². The smallest absolute Gasteiger partial charge is 0.323 e. The number of urea groups is 1. The largest absolute Gasteiger partial charge is 0.339 e. The Morgan fingerprint density at radius 2 is 1.84 bits per heavy atom. The molecule has 2 amide bonds. The van der Waals surface area contributed by atoms with E-state index >= 15 is 0 Å². The minimum atomic E-state index is -0.545. The maximum atomic E-state index is 13.1. The van der Waals surface area contributed by atoms with Gasteiger partial charge in [-0.05, 0) is 42.5 Å². The van der Waals surface area contributed by atoms with Gasteiger partial charge < -0.3 is 15.2 Å². The van der Waals surface area contributed by atoms with E-state index in [4.69, 9.17) is 16.1 Å². The molecule has 0 atom stereocenters. The van der Waals surface area contributed by atoms with E-state index in [-0.39, 0.29) is 5.02 Å². The van der Waals surface area contributed by atoms with Crippen LogP contribution < -0.4 is 10.6 Å². The number of hydrogen-bond acceptors (Lipinski definition) is 4. The number of aryl methyl sites for hydroxylation is 1. The maximum Gasteiger partial charge on any atom is 0.323 e. The van der Waals surface area contributed by atoms with E-state index in [0.29, 0.717) is 29.5 Å². The molecule has 0 aliphatic carbocycles. The van der Waals surface area contributed by atoms with Crippen molar-refractivity contribution in [1.82, 2.24) is 10.1 Å². The molecule has 128 valence electrons. The van der Waals surface area contributed by atoms with Gasteiger partial charge in [-0.25, -0.2) is 9.18 Å². The van der Waals surface area contributed by atoms with Crippen molar-refractivity contribution in [2.45, 2.75) is 13.3 Å². The molecule has 25 heavy (non-hydrogen) atoms. The molecule has 0 unspecified atom stereocenters. The Bertz CT molecular complexity index is 896. The monoisotopic (exact) mass is 360 g/mol. The number of carbonyl (C=O) groups is 1. The lowest BCUT2D eigenvalue weighted by atomic mass is 10.2. The highest BCUT2D eigenvalue weighted by atomic mass is 35.5. The van der Waals surface area contributed by atoms with Crippen molar-refractivity contribution in [2.24, 2.45) is 0 Å². The van der Waals surface area contributed by atoms with Crippen LogP contribution in [0.15, 0.2) is 47.0 Å². The van der Waals surface area contributed by atoms with Crippen molar-refractivity contribution in [3.8, 4) is 11.4 Å². The van der Waals surface area contributed by atoms with E-state index in [9.17, 15) is 9.18 Å². The Hall–Kier alpha value is -2.93. The lowest BCUT2D eigenvalue weighted by Gasteiger charge is -2.08. The highest BCUT2D eigenvalue weighted by molar-refractivity contribution is 6.31. The summed E-state index contributed by atoms with van der Waals surface area (Å²) in [6.07, 6.45) is 0.667. The Kier molecular flexibility index (Phi) is 4.95. The van der Waals surface area contributed by atoms with Crippen molar-refractivity contribution in [3.05, 3.63) is 59.2 Å². The molecular formula is C17H14ClFN4O2. The topological polar surface area (TPSA) is 80.0 Å². The number of hydrogen-bond donors (Lipinski definition) is 2. The number of rotatable bonds is 4. The van der Waals surface area contributed by atoms with E-state index in [1.165, 1.54) is 18.2 Å². The number of amides is 2. The van der Waals surface area contributed by atoms with Crippen LogP contribution in [-0.4, -0.2) is 16.2 Å². The van der Waals surface area contributed by atoms with E-state index in [1.54, 1.807) is 24.3 Å². The SMILES string of the molecule is CCc1nc(-c2ccc(NC(=O)Nc3ccc(F)c(Cl)c3)cc2)no1. The van der Waals surface area contributed by atoms with E-state index in [0.717, 1.165) is 5.56 Å². The Morgan fingerprint density at radius 3 is 2.48 bits per heavy atom. The zero-order valence-corrected chi connectivity index (χ0v) is 14.0. The van der Waals surface area contributed by atoms with Crippen molar-refractivity contribution in [3.63, 3.8) is 0 Å². The molecule has 1 heterocycles. The number of halogens is 2. The standard InChI is InChI=1S/C17H14ClFN4O2/c1-2-15-22-16(23-25-15)10-3-5-11(6-4-10)20-17(24)21-12-7-8-14(19)13(18)9-12/h3-9H,2H2,1H3,(H2,20,21,24). The summed E-state index contributed by atoms with van der Waals surface area (Å²) in [5, 5.41) is 9.07. The third-order valence-corrected chi connectivity index (χ3v) is 3.64. The summed E-state index contributed by atoms with van der Waals surface area (Å²) in [5.41, 5.74) is 1.74. The van der Waals surface area contributed by atoms with E-state index < -0.39 is 11.8 Å². The van der Waals surface area contributed by atoms with Crippen LogP contribution in [0.25, 0.3) is 11.4 Å². The number of aromatic nitrogens is 2. The Morgan fingerprint density at radius 1 is 1.16 bits per heavy atom. The second kappa shape index (κ2) is 7.31. The zero-order valence-electron chi connectivity index (χ0n) is 13.2. The van der Waals surface area contributed by atoms with Crippen molar-refractivity contribution in [1.29, 1.82) is 0 Å². The van der Waals surface area contributed by atoms with Crippen LogP contribution in [0.5, 0.6) is 0 Å². The van der Waals surface area contributed by atoms with Crippen LogP contribution >= 0.6 is 11.6 Å². The third-order valence-electron chi connectivity index (χ3n) is 3.35. The lowest BCUT2D eigenvalue weighted by Crippen LogP contribution is -2.19. The summed E-state index contributed by atoms with van der Waals surface area (Å²) in [6, 6.07) is 10.4. The molecule has 6 nitrogen and oxygen atoms in total. The average Bonchev–Trinajstić information content (AvgIpc) is 3.08. The molecule has 8 heteroatoms. The van der Waals surface area contributed by atoms with Gasteiger partial charge in [0.1, 0.15) is 5.82 Å². The van der Waals surface area contributed by atoms with Gasteiger partial charge >= 0.3 is 6.03 Å². The molecule has 3 aromatic rings. The number of carbonyl (C=O) groups excluding carboxylic acids is 1. The molecule has 3 rings (SSSR count). The molecule has 0 saturated heterocycles. The predicted molar refractivity (Wildman–Crippen MR) is 93.2 cm³/mol. The molecule has 0 aliphatic heterocycles. The third kappa shape index (κ3) is 4.13. The van der Waals surface area contributed by atoms with Crippen molar-refractivity contribution >= 4 is 29.0 Å². The molecule has 0 spiro atoms. The van der Waals surface area contributed by atoms with Crippen LogP contribution in [0, 0.1) is 5.82 Å². The van der Waals surface area contributed by atoms with Gasteiger partial charge in [-0.3, -0.25) is 0 Å². The quantitative estimate of drug-likeness (QED) is 0.704. The first-order valence-electron chi connectivity index (χ1n) is 7.51. The molecule has 0 aliphatic rings. The van der Waals surface area contributed by atoms with Gasteiger partial charge in [0.2, 0.25) is 11.7 Å². The Labute approximate surface area is 148 Å². The summed E-state index contributed by atoms with van der Waals surface area (Å²) < 4.78 is 18.2. The van der Waals surface area contributed by atoms with Crippen LogP contribution in [0.1, 0.15) is 12.8 Å². The average molecular weight is 361 g/mol. The predicted octanol–water partition coefficient (Wildman–Crippen LogP) is 4.74. The molecule has 0 radical (unpaired) electrons. The number of nitrogens with one attached hydrogen (secondary N) is 2. The summed E-state index contributed by atoms with van der Waals surface area (Å²) in [5.74, 6) is 0.513. The first-order valence-corrected chi connectivity index (χ1v) is 7.89. The molecule has 1 aromatic heterocycles. The summed E-state index contributed by atoms with van der Waals surface area (Å²) in [4.78, 5) is 16.2. The fourth-order valence-electron chi connectivity index (χ4n) is 2.09. The fourth-order valence-corrected chi connectivity index (χ4v) is 2.27. The second-order valence-corrected chi connectivity index (χ2v) is 5.56. The van der Waals surface area contributed by atoms with Gasteiger partial charge in [0.15, 0.2) is 0 Å². The van der Waals surface area contributed by atoms with Gasteiger partial charge in [0.25, 0.3) is 0 Å². The fraction of sp³-hybridized carbons (Fsp3) is 0.118. The normalized spacial score (nSPS) is 10.5. The zero-order chi connectivity index (χ0) is 17.8. The maximum absolute atomic E-state index is 13.1. The molecule has 2 aromatic carbocycles. The first kappa shape index (κ1) is 16.9. The van der Waals surface area contributed by atoms with Gasteiger partial charge in [0, 0.05) is 23.4 Å². The molecule has 0 saturated carbocycles. The van der Waals surface area contributed by atoms with Crippen LogP contribution in [0.2, 0.25) is 5.02 Å². The van der Waals surface area contributed by atoms with Crippen LogP contribution in [0.3, 0.4) is 0 Å². The molecule has 2 N–H and O–H groups in total. The minimum absolute atomic E-state index is 0.0614. The van der Waals surface area contributed by atoms with Gasteiger partial charge in [-0.15, -0.1) is 0 Å². The number of benzene rings is 2. The summed E-state index contributed by atoms with van der Waals surface area (Å²) >= 11 is 5.68. The molecular weight excluding hydrogens is 347 g/mol. The molecule has 0 bridgehead atoms. The highest BCUT2D eigenvalue weighted by Crippen LogP contribution is 2.21. The van der Waals surface area contributed by atoms with Crippen LogP contribution in [0.4, 0.5) is 20.6 Å². The van der Waals surface area contributed by atoms with Gasteiger partial charge in [0.05, 0.1) is 5.02 Å². The summed E-state index contributed by atoms with van der Waals surface area (Å²) in [6.45, 7) is 1.93. The first-order chi connectivity index (χ1) is 12.0. The van der Waals surface area contributed by atoms with E-state index in [1.807, 2.05) is 6.92 Å². The number of anilines is 2. The second-order valence-electron chi connectivity index (χ2n) is 5.15. The van der Waals surface area contributed by atoms with Crippen molar-refractivity contribution < 1.29 is 13.7 Å². The lowest BCUT2D eigenvalue weighted by molar-refractivity contribution is 0.262. The van der Waals surface area contributed by atoms with Crippen LogP contribution in [-0.2, 0) is 6.42 Å².